The van der Waals surface area contributed by atoms with Crippen molar-refractivity contribution in [3.8, 4) is 5.75 Å². The molecule has 1 N–H and O–H groups in total. The Morgan fingerprint density at radius 1 is 1.29 bits per heavy atom. The summed E-state index contributed by atoms with van der Waals surface area (Å²) in [5.41, 5.74) is 1.56. The number of ether oxygens (including phenoxy) is 1. The molecular formula is C13H16F2O2. The van der Waals surface area contributed by atoms with E-state index in [0.717, 1.165) is 18.4 Å². The van der Waals surface area contributed by atoms with Crippen molar-refractivity contribution in [2.24, 2.45) is 0 Å². The zero-order valence-electron chi connectivity index (χ0n) is 9.53. The van der Waals surface area contributed by atoms with Gasteiger partial charge in [0.25, 0.3) is 0 Å². The highest BCUT2D eigenvalue weighted by Gasteiger charge is 2.18. The van der Waals surface area contributed by atoms with Gasteiger partial charge in [0.2, 0.25) is 0 Å². The normalized spacial score (nSPS) is 16.7. The topological polar surface area (TPSA) is 29.5 Å². The fraction of sp³-hybridized carbons (Fsp3) is 0.538. The van der Waals surface area contributed by atoms with Crippen molar-refractivity contribution in [2.75, 3.05) is 0 Å². The van der Waals surface area contributed by atoms with Gasteiger partial charge in [0.15, 0.2) is 0 Å². The van der Waals surface area contributed by atoms with Crippen LogP contribution in [0.1, 0.15) is 42.7 Å². The van der Waals surface area contributed by atoms with E-state index < -0.39 is 6.61 Å². The van der Waals surface area contributed by atoms with Crippen LogP contribution < -0.4 is 4.74 Å². The quantitative estimate of drug-likeness (QED) is 0.876. The summed E-state index contributed by atoms with van der Waals surface area (Å²) in [7, 11) is 0. The molecule has 0 aromatic heterocycles. The van der Waals surface area contributed by atoms with Crippen LogP contribution in [0.4, 0.5) is 8.78 Å². The van der Waals surface area contributed by atoms with Gasteiger partial charge in [-0.15, -0.1) is 0 Å². The summed E-state index contributed by atoms with van der Waals surface area (Å²) < 4.78 is 28.6. The summed E-state index contributed by atoms with van der Waals surface area (Å²) in [6, 6.07) is 5.14. The summed E-state index contributed by atoms with van der Waals surface area (Å²) in [6.07, 6.45) is 4.71. The molecule has 1 aromatic rings. The minimum absolute atomic E-state index is 0.0734. The van der Waals surface area contributed by atoms with Crippen LogP contribution in [0.2, 0.25) is 0 Å². The molecule has 1 saturated carbocycles. The molecule has 94 valence electrons. The first-order chi connectivity index (χ1) is 8.20. The summed E-state index contributed by atoms with van der Waals surface area (Å²) in [4.78, 5) is 0. The summed E-state index contributed by atoms with van der Waals surface area (Å²) in [5, 5.41) is 9.17. The molecule has 1 aliphatic carbocycles. The minimum atomic E-state index is -2.85. The molecule has 2 nitrogen and oxygen atoms in total. The van der Waals surface area contributed by atoms with Crippen LogP contribution in [-0.4, -0.2) is 11.7 Å². The maximum Gasteiger partial charge on any atom is 0.387 e. The van der Waals surface area contributed by atoms with Gasteiger partial charge in [0.1, 0.15) is 5.75 Å². The van der Waals surface area contributed by atoms with E-state index in [1.165, 1.54) is 18.9 Å². The summed E-state index contributed by atoms with van der Waals surface area (Å²) in [6.45, 7) is -3.12. The van der Waals surface area contributed by atoms with Gasteiger partial charge in [-0.05, 0) is 36.5 Å². The molecule has 4 heteroatoms. The summed E-state index contributed by atoms with van der Waals surface area (Å²) in [5.74, 6) is 0.574. The third-order valence-corrected chi connectivity index (χ3v) is 3.30. The molecule has 0 atom stereocenters. The smallest absolute Gasteiger partial charge is 0.387 e. The Morgan fingerprint density at radius 3 is 2.59 bits per heavy atom. The molecule has 0 amide bonds. The molecule has 0 aliphatic heterocycles. The number of aliphatic hydroxyl groups is 1. The van der Waals surface area contributed by atoms with Crippen molar-refractivity contribution in [1.29, 1.82) is 0 Å². The van der Waals surface area contributed by atoms with Crippen molar-refractivity contribution in [2.45, 2.75) is 44.8 Å². The van der Waals surface area contributed by atoms with Crippen LogP contribution in [0.5, 0.6) is 5.75 Å². The van der Waals surface area contributed by atoms with E-state index in [1.807, 2.05) is 6.07 Å². The molecule has 0 unspecified atom stereocenters. The first-order valence-electron chi connectivity index (χ1n) is 5.89. The second-order valence-corrected chi connectivity index (χ2v) is 4.39. The number of rotatable bonds is 4. The van der Waals surface area contributed by atoms with Crippen LogP contribution >= 0.6 is 0 Å². The van der Waals surface area contributed by atoms with Crippen molar-refractivity contribution >= 4 is 0 Å². The first-order valence-corrected chi connectivity index (χ1v) is 5.89. The van der Waals surface area contributed by atoms with Crippen molar-refractivity contribution < 1.29 is 18.6 Å². The number of alkyl halides is 2. The number of benzene rings is 1. The van der Waals surface area contributed by atoms with E-state index >= 15 is 0 Å². The first kappa shape index (κ1) is 12.3. The fourth-order valence-corrected chi connectivity index (χ4v) is 2.45. The highest BCUT2D eigenvalue weighted by Crippen LogP contribution is 2.36. The van der Waals surface area contributed by atoms with Gasteiger partial charge >= 0.3 is 6.61 Å². The van der Waals surface area contributed by atoms with Crippen molar-refractivity contribution in [1.82, 2.24) is 0 Å². The van der Waals surface area contributed by atoms with E-state index in [0.29, 0.717) is 11.5 Å². The van der Waals surface area contributed by atoms with E-state index in [4.69, 9.17) is 0 Å². The van der Waals surface area contributed by atoms with Crippen LogP contribution in [0, 0.1) is 0 Å². The SMILES string of the molecule is OCc1cc(C2CCCC2)ccc1OC(F)F. The van der Waals surface area contributed by atoms with E-state index in [-0.39, 0.29) is 12.4 Å². The highest BCUT2D eigenvalue weighted by molar-refractivity contribution is 5.38. The fourth-order valence-electron chi connectivity index (χ4n) is 2.45. The van der Waals surface area contributed by atoms with Gasteiger partial charge in [-0.2, -0.15) is 8.78 Å². The zero-order chi connectivity index (χ0) is 12.3. The average Bonchev–Trinajstić information content (AvgIpc) is 2.82. The zero-order valence-corrected chi connectivity index (χ0v) is 9.53. The Hall–Kier alpha value is -1.16. The number of hydrogen-bond acceptors (Lipinski definition) is 2. The Kier molecular flexibility index (Phi) is 3.94. The second kappa shape index (κ2) is 5.45. The maximum absolute atomic E-state index is 12.1. The lowest BCUT2D eigenvalue weighted by molar-refractivity contribution is -0.0509. The molecule has 0 heterocycles. The standard InChI is InChI=1S/C13H16F2O2/c14-13(15)17-12-6-5-10(7-11(12)8-16)9-3-1-2-4-9/h5-7,9,13,16H,1-4,8H2. The second-order valence-electron chi connectivity index (χ2n) is 4.39. The van der Waals surface area contributed by atoms with Crippen molar-refractivity contribution in [3.05, 3.63) is 29.3 Å². The van der Waals surface area contributed by atoms with E-state index in [2.05, 4.69) is 4.74 Å². The Morgan fingerprint density at radius 2 is 2.00 bits per heavy atom. The van der Waals surface area contributed by atoms with Crippen LogP contribution in [-0.2, 0) is 6.61 Å². The average molecular weight is 242 g/mol. The number of aliphatic hydroxyl groups excluding tert-OH is 1. The predicted molar refractivity (Wildman–Crippen MR) is 60.2 cm³/mol. The lowest BCUT2D eigenvalue weighted by Gasteiger charge is -2.14. The maximum atomic E-state index is 12.1. The molecule has 0 bridgehead atoms. The van der Waals surface area contributed by atoms with E-state index in [9.17, 15) is 13.9 Å². The lowest BCUT2D eigenvalue weighted by Crippen LogP contribution is -2.05. The molecule has 1 aromatic carbocycles. The predicted octanol–water partition coefficient (Wildman–Crippen LogP) is 3.44. The van der Waals surface area contributed by atoms with Gasteiger partial charge in [0, 0.05) is 5.56 Å². The lowest BCUT2D eigenvalue weighted by atomic mass is 9.96. The monoisotopic (exact) mass is 242 g/mol. The largest absolute Gasteiger partial charge is 0.434 e. The Balaban J connectivity index is 2.20. The van der Waals surface area contributed by atoms with Gasteiger partial charge in [-0.1, -0.05) is 18.9 Å². The highest BCUT2D eigenvalue weighted by atomic mass is 19.3. The molecule has 17 heavy (non-hydrogen) atoms. The number of halogens is 2. The summed E-state index contributed by atoms with van der Waals surface area (Å²) >= 11 is 0. The molecule has 1 fully saturated rings. The number of hydrogen-bond donors (Lipinski definition) is 1. The molecule has 2 rings (SSSR count). The van der Waals surface area contributed by atoms with Crippen molar-refractivity contribution in [3.63, 3.8) is 0 Å². The molecule has 0 radical (unpaired) electrons. The Bertz CT molecular complexity index is 374. The van der Waals surface area contributed by atoms with Crippen LogP contribution in [0.3, 0.4) is 0 Å². The third kappa shape index (κ3) is 2.94. The van der Waals surface area contributed by atoms with Crippen LogP contribution in [0.15, 0.2) is 18.2 Å². The molecule has 0 spiro atoms. The van der Waals surface area contributed by atoms with E-state index in [1.54, 1.807) is 6.07 Å². The molecule has 1 aliphatic rings. The molecule has 0 saturated heterocycles. The third-order valence-electron chi connectivity index (χ3n) is 3.30. The van der Waals surface area contributed by atoms with Crippen LogP contribution in [0.25, 0.3) is 0 Å². The van der Waals surface area contributed by atoms with Gasteiger partial charge in [-0.25, -0.2) is 0 Å². The van der Waals surface area contributed by atoms with Gasteiger partial charge in [0.05, 0.1) is 6.61 Å². The molecular weight excluding hydrogens is 226 g/mol. The Labute approximate surface area is 99.2 Å². The van der Waals surface area contributed by atoms with Gasteiger partial charge < -0.3 is 9.84 Å². The minimum Gasteiger partial charge on any atom is -0.434 e. The van der Waals surface area contributed by atoms with Gasteiger partial charge in [-0.3, -0.25) is 0 Å².